The number of benzene rings is 3. The first-order chi connectivity index (χ1) is 11.2. The van der Waals surface area contributed by atoms with Gasteiger partial charge >= 0.3 is 0 Å². The molecule has 0 aliphatic carbocycles. The molecule has 0 unspecified atom stereocenters. The van der Waals surface area contributed by atoms with E-state index in [9.17, 15) is 0 Å². The maximum absolute atomic E-state index is 6.15. The van der Waals surface area contributed by atoms with Gasteiger partial charge in [-0.1, -0.05) is 41.9 Å². The molecule has 3 aromatic carbocycles. The van der Waals surface area contributed by atoms with E-state index >= 15 is 0 Å². The predicted molar refractivity (Wildman–Crippen MR) is 97.2 cm³/mol. The SMILES string of the molecule is Clc1ccc2c(c1)C(Oc1ccc3ccccc3c1Br)=CCO2. The van der Waals surface area contributed by atoms with Crippen molar-refractivity contribution in [1.82, 2.24) is 0 Å². The standard InChI is InChI=1S/C19H12BrClO2/c20-19-14-4-2-1-3-12(14)5-7-18(19)23-17-9-10-22-16-8-6-13(21)11-15(16)17/h1-9,11H,10H2. The van der Waals surface area contributed by atoms with Gasteiger partial charge in [0, 0.05) is 5.02 Å². The third-order valence-corrected chi connectivity index (χ3v) is 4.82. The minimum Gasteiger partial charge on any atom is -0.489 e. The fourth-order valence-electron chi connectivity index (χ4n) is 2.65. The molecule has 0 fully saturated rings. The minimum atomic E-state index is 0.481. The molecule has 1 aliphatic rings. The molecule has 23 heavy (non-hydrogen) atoms. The van der Waals surface area contributed by atoms with Crippen molar-refractivity contribution in [3.8, 4) is 11.5 Å². The van der Waals surface area contributed by atoms with Gasteiger partial charge < -0.3 is 9.47 Å². The molecule has 0 saturated heterocycles. The highest BCUT2D eigenvalue weighted by Crippen LogP contribution is 2.38. The van der Waals surface area contributed by atoms with Crippen LogP contribution in [0.25, 0.3) is 16.5 Å². The molecule has 3 aromatic rings. The van der Waals surface area contributed by atoms with Crippen LogP contribution in [0.15, 0.2) is 65.1 Å². The van der Waals surface area contributed by atoms with E-state index in [1.54, 1.807) is 0 Å². The molecule has 0 atom stereocenters. The summed E-state index contributed by atoms with van der Waals surface area (Å²) in [6.45, 7) is 0.481. The molecule has 4 rings (SSSR count). The van der Waals surface area contributed by atoms with Crippen molar-refractivity contribution < 1.29 is 9.47 Å². The fraction of sp³-hybridized carbons (Fsp3) is 0.0526. The molecule has 4 heteroatoms. The van der Waals surface area contributed by atoms with Gasteiger partial charge in [0.25, 0.3) is 0 Å². The Kier molecular flexibility index (Phi) is 3.76. The second-order valence-electron chi connectivity index (χ2n) is 5.22. The summed E-state index contributed by atoms with van der Waals surface area (Å²) >= 11 is 9.76. The summed E-state index contributed by atoms with van der Waals surface area (Å²) in [5, 5.41) is 2.93. The zero-order chi connectivity index (χ0) is 15.8. The van der Waals surface area contributed by atoms with Crippen molar-refractivity contribution in [1.29, 1.82) is 0 Å². The Morgan fingerprint density at radius 2 is 1.91 bits per heavy atom. The quantitative estimate of drug-likeness (QED) is 0.531. The Balaban J connectivity index is 1.76. The Morgan fingerprint density at radius 1 is 1.04 bits per heavy atom. The highest BCUT2D eigenvalue weighted by atomic mass is 79.9. The molecular formula is C19H12BrClO2. The number of rotatable bonds is 2. The average molecular weight is 388 g/mol. The third kappa shape index (κ3) is 2.71. The van der Waals surface area contributed by atoms with Crippen LogP contribution >= 0.6 is 27.5 Å². The first kappa shape index (κ1) is 14.6. The van der Waals surface area contributed by atoms with Crippen molar-refractivity contribution in [2.24, 2.45) is 0 Å². The number of halogens is 2. The summed E-state index contributed by atoms with van der Waals surface area (Å²) in [7, 11) is 0. The second kappa shape index (κ2) is 5.91. The van der Waals surface area contributed by atoms with Crippen LogP contribution in [-0.4, -0.2) is 6.61 Å². The Labute approximate surface area is 147 Å². The summed E-state index contributed by atoms with van der Waals surface area (Å²) in [6, 6.07) is 17.7. The zero-order valence-electron chi connectivity index (χ0n) is 12.1. The van der Waals surface area contributed by atoms with Crippen LogP contribution in [0, 0.1) is 0 Å². The van der Waals surface area contributed by atoms with E-state index in [4.69, 9.17) is 21.1 Å². The predicted octanol–water partition coefficient (Wildman–Crippen LogP) is 6.07. The molecule has 2 nitrogen and oxygen atoms in total. The Morgan fingerprint density at radius 3 is 2.83 bits per heavy atom. The lowest BCUT2D eigenvalue weighted by Gasteiger charge is -2.20. The van der Waals surface area contributed by atoms with Crippen molar-refractivity contribution in [3.63, 3.8) is 0 Å². The van der Waals surface area contributed by atoms with E-state index in [2.05, 4.69) is 28.1 Å². The molecule has 1 aliphatic heterocycles. The molecule has 0 saturated carbocycles. The zero-order valence-corrected chi connectivity index (χ0v) is 14.4. The summed E-state index contributed by atoms with van der Waals surface area (Å²) in [5.41, 5.74) is 0.865. The average Bonchev–Trinajstić information content (AvgIpc) is 2.58. The highest BCUT2D eigenvalue weighted by molar-refractivity contribution is 9.10. The Hall–Kier alpha value is -1.97. The number of hydrogen-bond acceptors (Lipinski definition) is 2. The van der Waals surface area contributed by atoms with Crippen LogP contribution in [0.5, 0.6) is 11.5 Å². The minimum absolute atomic E-state index is 0.481. The number of hydrogen-bond donors (Lipinski definition) is 0. The van der Waals surface area contributed by atoms with Crippen molar-refractivity contribution in [3.05, 3.63) is 75.7 Å². The van der Waals surface area contributed by atoms with Gasteiger partial charge in [-0.15, -0.1) is 0 Å². The van der Waals surface area contributed by atoms with Gasteiger partial charge in [-0.3, -0.25) is 0 Å². The molecule has 114 valence electrons. The molecule has 0 N–H and O–H groups in total. The van der Waals surface area contributed by atoms with E-state index in [0.717, 1.165) is 38.1 Å². The van der Waals surface area contributed by atoms with Crippen LogP contribution in [0.3, 0.4) is 0 Å². The molecular weight excluding hydrogens is 376 g/mol. The molecule has 0 bridgehead atoms. The normalized spacial score (nSPS) is 13.2. The highest BCUT2D eigenvalue weighted by Gasteiger charge is 2.17. The number of fused-ring (bicyclic) bond motifs is 2. The molecule has 0 aromatic heterocycles. The fourth-order valence-corrected chi connectivity index (χ4v) is 3.39. The van der Waals surface area contributed by atoms with Crippen LogP contribution in [0.4, 0.5) is 0 Å². The lowest BCUT2D eigenvalue weighted by atomic mass is 10.1. The van der Waals surface area contributed by atoms with Gasteiger partial charge in [0.1, 0.15) is 23.9 Å². The molecule has 0 radical (unpaired) electrons. The van der Waals surface area contributed by atoms with E-state index in [1.807, 2.05) is 48.5 Å². The maximum Gasteiger partial charge on any atom is 0.142 e. The maximum atomic E-state index is 6.15. The lowest BCUT2D eigenvalue weighted by Crippen LogP contribution is -2.08. The van der Waals surface area contributed by atoms with E-state index in [-0.39, 0.29) is 0 Å². The van der Waals surface area contributed by atoms with E-state index < -0.39 is 0 Å². The topological polar surface area (TPSA) is 18.5 Å². The Bertz CT molecular complexity index is 934. The van der Waals surface area contributed by atoms with Gasteiger partial charge in [-0.05, 0) is 57.0 Å². The molecule has 0 amide bonds. The van der Waals surface area contributed by atoms with Crippen molar-refractivity contribution >= 4 is 44.1 Å². The van der Waals surface area contributed by atoms with E-state index in [0.29, 0.717) is 11.6 Å². The molecule has 0 spiro atoms. The van der Waals surface area contributed by atoms with Gasteiger partial charge in [0.2, 0.25) is 0 Å². The van der Waals surface area contributed by atoms with Crippen LogP contribution in [-0.2, 0) is 0 Å². The van der Waals surface area contributed by atoms with Crippen molar-refractivity contribution in [2.45, 2.75) is 0 Å². The van der Waals surface area contributed by atoms with Gasteiger partial charge in [-0.25, -0.2) is 0 Å². The number of ether oxygens (including phenoxy) is 2. The molecule has 1 heterocycles. The lowest BCUT2D eigenvalue weighted by molar-refractivity contribution is 0.347. The smallest absolute Gasteiger partial charge is 0.142 e. The summed E-state index contributed by atoms with van der Waals surface area (Å²) in [6.07, 6.45) is 1.92. The second-order valence-corrected chi connectivity index (χ2v) is 6.45. The van der Waals surface area contributed by atoms with Crippen LogP contribution < -0.4 is 9.47 Å². The monoisotopic (exact) mass is 386 g/mol. The van der Waals surface area contributed by atoms with Crippen LogP contribution in [0.2, 0.25) is 5.02 Å². The van der Waals surface area contributed by atoms with Gasteiger partial charge in [0.05, 0.1) is 10.0 Å². The summed E-state index contributed by atoms with van der Waals surface area (Å²) in [4.78, 5) is 0. The van der Waals surface area contributed by atoms with E-state index in [1.165, 1.54) is 0 Å². The van der Waals surface area contributed by atoms with Gasteiger partial charge in [0.15, 0.2) is 0 Å². The van der Waals surface area contributed by atoms with Gasteiger partial charge in [-0.2, -0.15) is 0 Å². The van der Waals surface area contributed by atoms with Crippen molar-refractivity contribution in [2.75, 3.05) is 6.61 Å². The summed E-state index contributed by atoms with van der Waals surface area (Å²) < 4.78 is 12.7. The largest absolute Gasteiger partial charge is 0.489 e. The summed E-state index contributed by atoms with van der Waals surface area (Å²) in [5.74, 6) is 2.30. The first-order valence-corrected chi connectivity index (χ1v) is 8.37. The van der Waals surface area contributed by atoms with Crippen LogP contribution in [0.1, 0.15) is 5.56 Å². The third-order valence-electron chi connectivity index (χ3n) is 3.76. The first-order valence-electron chi connectivity index (χ1n) is 7.20.